The van der Waals surface area contributed by atoms with E-state index >= 15 is 0 Å². The topological polar surface area (TPSA) is 26.8 Å². The van der Waals surface area contributed by atoms with E-state index in [9.17, 15) is 4.79 Å². The molecule has 0 atom stereocenters. The number of rotatable bonds is 1. The van der Waals surface area contributed by atoms with Crippen LogP contribution >= 0.6 is 0 Å². The van der Waals surface area contributed by atoms with Gasteiger partial charge in [0.15, 0.2) is 0 Å². The first kappa shape index (κ1) is 11.7. The van der Waals surface area contributed by atoms with Gasteiger partial charge in [0.25, 0.3) is 0 Å². The molecule has 92 valence electrons. The molecule has 4 heteroatoms. The number of carbonyl (C=O) groups excluding carboxylic acids is 1. The van der Waals surface area contributed by atoms with Crippen molar-refractivity contribution in [2.24, 2.45) is 0 Å². The van der Waals surface area contributed by atoms with Crippen molar-refractivity contribution in [2.45, 2.75) is 31.7 Å². The molecule has 2 amide bonds. The van der Waals surface area contributed by atoms with Gasteiger partial charge in [-0.2, -0.15) is 0 Å². The van der Waals surface area contributed by atoms with E-state index in [-0.39, 0.29) is 6.03 Å². The normalized spacial score (nSPS) is 23.2. The van der Waals surface area contributed by atoms with Crippen molar-refractivity contribution in [2.75, 3.05) is 40.3 Å². The van der Waals surface area contributed by atoms with Crippen molar-refractivity contribution in [1.29, 1.82) is 0 Å². The Hall–Kier alpha value is -0.770. The molecule has 2 aliphatic heterocycles. The van der Waals surface area contributed by atoms with E-state index in [4.69, 9.17) is 0 Å². The summed E-state index contributed by atoms with van der Waals surface area (Å²) >= 11 is 0. The molecule has 16 heavy (non-hydrogen) atoms. The molecule has 0 aromatic heterocycles. The van der Waals surface area contributed by atoms with Crippen molar-refractivity contribution < 1.29 is 4.79 Å². The van der Waals surface area contributed by atoms with Crippen molar-refractivity contribution in [3.05, 3.63) is 0 Å². The second-order valence-corrected chi connectivity index (χ2v) is 5.16. The molecule has 2 aliphatic rings. The van der Waals surface area contributed by atoms with Crippen LogP contribution in [0.3, 0.4) is 0 Å². The zero-order valence-electron chi connectivity index (χ0n) is 10.5. The van der Waals surface area contributed by atoms with Gasteiger partial charge in [-0.15, -0.1) is 0 Å². The second kappa shape index (κ2) is 5.04. The fraction of sp³-hybridized carbons (Fsp3) is 0.917. The van der Waals surface area contributed by atoms with Crippen LogP contribution in [-0.4, -0.2) is 67.0 Å². The number of hydrogen-bond donors (Lipinski definition) is 0. The van der Waals surface area contributed by atoms with Gasteiger partial charge in [0.05, 0.1) is 0 Å². The van der Waals surface area contributed by atoms with Gasteiger partial charge in [0.2, 0.25) is 0 Å². The monoisotopic (exact) mass is 225 g/mol. The summed E-state index contributed by atoms with van der Waals surface area (Å²) in [5.41, 5.74) is 0. The Morgan fingerprint density at radius 2 is 1.50 bits per heavy atom. The molecule has 0 aromatic rings. The third-order valence-corrected chi connectivity index (χ3v) is 3.84. The van der Waals surface area contributed by atoms with Crippen LogP contribution in [0.2, 0.25) is 0 Å². The fourth-order valence-electron chi connectivity index (χ4n) is 2.68. The van der Waals surface area contributed by atoms with E-state index in [0.717, 1.165) is 39.0 Å². The summed E-state index contributed by atoms with van der Waals surface area (Å²) in [6, 6.07) is 0.928. The average molecular weight is 225 g/mol. The fourth-order valence-corrected chi connectivity index (χ4v) is 2.68. The highest BCUT2D eigenvalue weighted by atomic mass is 16.2. The molecule has 0 aromatic carbocycles. The first-order valence-corrected chi connectivity index (χ1v) is 6.39. The van der Waals surface area contributed by atoms with Crippen molar-refractivity contribution in [3.63, 3.8) is 0 Å². The molecular weight excluding hydrogens is 202 g/mol. The van der Waals surface area contributed by atoms with Crippen molar-refractivity contribution in [1.82, 2.24) is 14.7 Å². The van der Waals surface area contributed by atoms with E-state index in [1.165, 1.54) is 12.8 Å². The lowest BCUT2D eigenvalue weighted by molar-refractivity contribution is 0.126. The minimum Gasteiger partial charge on any atom is -0.325 e. The minimum absolute atomic E-state index is 0.273. The Balaban J connectivity index is 1.81. The number of piperidine rings is 1. The van der Waals surface area contributed by atoms with Gasteiger partial charge in [-0.05, 0) is 39.8 Å². The number of carbonyl (C=O) groups is 1. The first-order chi connectivity index (χ1) is 7.68. The molecule has 2 rings (SSSR count). The van der Waals surface area contributed by atoms with Gasteiger partial charge in [-0.25, -0.2) is 4.79 Å². The van der Waals surface area contributed by atoms with Crippen LogP contribution in [0.4, 0.5) is 4.79 Å². The number of amides is 2. The van der Waals surface area contributed by atoms with Crippen LogP contribution in [0.5, 0.6) is 0 Å². The van der Waals surface area contributed by atoms with E-state index in [1.54, 1.807) is 0 Å². The average Bonchev–Trinajstić information content (AvgIpc) is 2.81. The summed E-state index contributed by atoms with van der Waals surface area (Å²) in [5.74, 6) is 0. The molecule has 0 unspecified atom stereocenters. The Morgan fingerprint density at radius 1 is 1.00 bits per heavy atom. The SMILES string of the molecule is CN(C)C1CCN(C(=O)N2CCCC2)CC1. The second-order valence-electron chi connectivity index (χ2n) is 5.16. The number of likely N-dealkylation sites (tertiary alicyclic amines) is 2. The maximum absolute atomic E-state index is 12.1. The molecule has 2 fully saturated rings. The molecule has 0 saturated carbocycles. The molecule has 0 radical (unpaired) electrons. The van der Waals surface area contributed by atoms with Crippen LogP contribution in [0.25, 0.3) is 0 Å². The van der Waals surface area contributed by atoms with Crippen molar-refractivity contribution in [3.8, 4) is 0 Å². The lowest BCUT2D eigenvalue weighted by Crippen LogP contribution is -2.48. The molecular formula is C12H23N3O. The van der Waals surface area contributed by atoms with Gasteiger partial charge < -0.3 is 14.7 Å². The summed E-state index contributed by atoms with van der Waals surface area (Å²) in [5, 5.41) is 0. The highest BCUT2D eigenvalue weighted by Crippen LogP contribution is 2.17. The first-order valence-electron chi connectivity index (χ1n) is 6.39. The smallest absolute Gasteiger partial charge is 0.319 e. The van der Waals surface area contributed by atoms with E-state index in [0.29, 0.717) is 6.04 Å². The molecule has 2 heterocycles. The van der Waals surface area contributed by atoms with E-state index in [2.05, 4.69) is 19.0 Å². The quantitative estimate of drug-likeness (QED) is 0.671. The molecule has 0 spiro atoms. The zero-order valence-corrected chi connectivity index (χ0v) is 10.5. The van der Waals surface area contributed by atoms with E-state index in [1.807, 2.05) is 9.80 Å². The predicted octanol–water partition coefficient (Wildman–Crippen LogP) is 1.23. The van der Waals surface area contributed by atoms with Gasteiger partial charge >= 0.3 is 6.03 Å². The number of hydrogen-bond acceptors (Lipinski definition) is 2. The predicted molar refractivity (Wildman–Crippen MR) is 64.5 cm³/mol. The van der Waals surface area contributed by atoms with E-state index < -0.39 is 0 Å². The highest BCUT2D eigenvalue weighted by Gasteiger charge is 2.28. The molecule has 4 nitrogen and oxygen atoms in total. The molecule has 0 bridgehead atoms. The third-order valence-electron chi connectivity index (χ3n) is 3.84. The summed E-state index contributed by atoms with van der Waals surface area (Å²) in [6.07, 6.45) is 4.60. The molecule has 0 aliphatic carbocycles. The van der Waals surface area contributed by atoms with Crippen LogP contribution in [0, 0.1) is 0 Å². The van der Waals surface area contributed by atoms with Crippen LogP contribution in [0.1, 0.15) is 25.7 Å². The van der Waals surface area contributed by atoms with Crippen LogP contribution < -0.4 is 0 Å². The summed E-state index contributed by atoms with van der Waals surface area (Å²) in [4.78, 5) is 18.4. The Kier molecular flexibility index (Phi) is 3.69. The van der Waals surface area contributed by atoms with Gasteiger partial charge in [-0.3, -0.25) is 0 Å². The lowest BCUT2D eigenvalue weighted by Gasteiger charge is -2.36. The minimum atomic E-state index is 0.273. The van der Waals surface area contributed by atoms with Gasteiger partial charge in [0.1, 0.15) is 0 Å². The van der Waals surface area contributed by atoms with Gasteiger partial charge in [-0.1, -0.05) is 0 Å². The van der Waals surface area contributed by atoms with Crippen LogP contribution in [-0.2, 0) is 0 Å². The molecule has 2 saturated heterocycles. The number of nitrogens with zero attached hydrogens (tertiary/aromatic N) is 3. The summed E-state index contributed by atoms with van der Waals surface area (Å²) in [6.45, 7) is 3.79. The maximum atomic E-state index is 12.1. The van der Waals surface area contributed by atoms with Crippen LogP contribution in [0.15, 0.2) is 0 Å². The standard InChI is InChI=1S/C12H23N3O/c1-13(2)11-5-9-15(10-6-11)12(16)14-7-3-4-8-14/h11H,3-10H2,1-2H3. The van der Waals surface area contributed by atoms with Crippen molar-refractivity contribution >= 4 is 6.03 Å². The lowest BCUT2D eigenvalue weighted by atomic mass is 10.0. The Bertz CT molecular complexity index is 241. The summed E-state index contributed by atoms with van der Waals surface area (Å²) in [7, 11) is 4.26. The molecule has 0 N–H and O–H groups in total. The maximum Gasteiger partial charge on any atom is 0.319 e. The third kappa shape index (κ3) is 2.48. The highest BCUT2D eigenvalue weighted by molar-refractivity contribution is 5.74. The Morgan fingerprint density at radius 3 is 2.00 bits per heavy atom. The Labute approximate surface area is 98.2 Å². The summed E-state index contributed by atoms with van der Waals surface area (Å²) < 4.78 is 0. The number of urea groups is 1. The van der Waals surface area contributed by atoms with Gasteiger partial charge in [0, 0.05) is 32.2 Å². The largest absolute Gasteiger partial charge is 0.325 e. The zero-order chi connectivity index (χ0) is 11.5.